The standard InChI is InChI=1S/C22H25N3O4/c1-3-10-18(26)20-19(23-22(28)29-15-16-11-6-4-7-12-16)21(27)25(24(20)2)17-13-8-5-9-14-17/h4-9,11-14,18,26H,3,10,15H2,1-2H3,(H,23,28). The summed E-state index contributed by atoms with van der Waals surface area (Å²) in [4.78, 5) is 25.4. The minimum absolute atomic E-state index is 0.0235. The Kier molecular flexibility index (Phi) is 6.51. The Morgan fingerprint density at radius 3 is 2.34 bits per heavy atom. The normalized spacial score (nSPS) is 11.8. The molecule has 2 aromatic carbocycles. The highest BCUT2D eigenvalue weighted by Crippen LogP contribution is 2.25. The van der Waals surface area contributed by atoms with Crippen LogP contribution in [0.2, 0.25) is 0 Å². The summed E-state index contributed by atoms with van der Waals surface area (Å²) < 4.78 is 8.24. The Balaban J connectivity index is 1.91. The van der Waals surface area contributed by atoms with Crippen LogP contribution in [0.3, 0.4) is 0 Å². The number of hydrogen-bond acceptors (Lipinski definition) is 4. The van der Waals surface area contributed by atoms with Crippen LogP contribution >= 0.6 is 0 Å². The second-order valence-corrected chi connectivity index (χ2v) is 6.73. The molecule has 1 aromatic heterocycles. The van der Waals surface area contributed by atoms with Gasteiger partial charge < -0.3 is 9.84 Å². The largest absolute Gasteiger partial charge is 0.444 e. The highest BCUT2D eigenvalue weighted by Gasteiger charge is 2.25. The summed E-state index contributed by atoms with van der Waals surface area (Å²) in [6.07, 6.45) is -0.461. The SMILES string of the molecule is CCCC(O)c1c(NC(=O)OCc2ccccc2)c(=O)n(-c2ccccc2)n1C. The zero-order chi connectivity index (χ0) is 20.8. The first-order valence-electron chi connectivity index (χ1n) is 9.56. The maximum absolute atomic E-state index is 13.1. The Morgan fingerprint density at radius 2 is 1.72 bits per heavy atom. The molecule has 3 rings (SSSR count). The molecule has 7 nitrogen and oxygen atoms in total. The molecule has 1 heterocycles. The van der Waals surface area contributed by atoms with Crippen molar-refractivity contribution in [2.75, 3.05) is 5.32 Å². The third-order valence-corrected chi connectivity index (χ3v) is 4.63. The number of ether oxygens (including phenoxy) is 1. The van der Waals surface area contributed by atoms with Crippen LogP contribution in [0.1, 0.15) is 37.1 Å². The lowest BCUT2D eigenvalue weighted by Crippen LogP contribution is -2.23. The lowest BCUT2D eigenvalue weighted by molar-refractivity contribution is 0.152. The second-order valence-electron chi connectivity index (χ2n) is 6.73. The molecular weight excluding hydrogens is 370 g/mol. The van der Waals surface area contributed by atoms with E-state index in [9.17, 15) is 14.7 Å². The molecule has 0 bridgehead atoms. The molecule has 29 heavy (non-hydrogen) atoms. The summed E-state index contributed by atoms with van der Waals surface area (Å²) >= 11 is 0. The molecular formula is C22H25N3O4. The van der Waals surface area contributed by atoms with E-state index in [2.05, 4.69) is 5.32 Å². The van der Waals surface area contributed by atoms with E-state index in [-0.39, 0.29) is 12.3 Å². The molecule has 0 aliphatic heterocycles. The number of aliphatic hydroxyl groups excluding tert-OH is 1. The predicted molar refractivity (Wildman–Crippen MR) is 111 cm³/mol. The summed E-state index contributed by atoms with van der Waals surface area (Å²) in [5, 5.41) is 13.2. The van der Waals surface area contributed by atoms with Gasteiger partial charge in [-0.05, 0) is 24.1 Å². The van der Waals surface area contributed by atoms with Gasteiger partial charge in [0.05, 0.1) is 17.5 Å². The number of aliphatic hydroxyl groups is 1. The van der Waals surface area contributed by atoms with E-state index in [0.29, 0.717) is 17.8 Å². The van der Waals surface area contributed by atoms with E-state index < -0.39 is 17.8 Å². The lowest BCUT2D eigenvalue weighted by atomic mass is 10.1. The summed E-state index contributed by atoms with van der Waals surface area (Å²) in [6, 6.07) is 18.3. The topological polar surface area (TPSA) is 85.5 Å². The van der Waals surface area contributed by atoms with Crippen LogP contribution in [-0.2, 0) is 18.4 Å². The number of rotatable bonds is 7. The zero-order valence-electron chi connectivity index (χ0n) is 16.5. The van der Waals surface area contributed by atoms with Gasteiger partial charge in [-0.3, -0.25) is 14.8 Å². The van der Waals surface area contributed by atoms with Crippen molar-refractivity contribution in [3.05, 3.63) is 82.3 Å². The van der Waals surface area contributed by atoms with Crippen molar-refractivity contribution in [2.45, 2.75) is 32.5 Å². The summed E-state index contributed by atoms with van der Waals surface area (Å²) in [5.41, 5.74) is 1.41. The molecule has 152 valence electrons. The molecule has 0 spiro atoms. The maximum Gasteiger partial charge on any atom is 0.412 e. The first-order chi connectivity index (χ1) is 14.0. The zero-order valence-corrected chi connectivity index (χ0v) is 16.5. The molecule has 1 unspecified atom stereocenters. The van der Waals surface area contributed by atoms with Gasteiger partial charge >= 0.3 is 6.09 Å². The first-order valence-corrected chi connectivity index (χ1v) is 9.56. The van der Waals surface area contributed by atoms with E-state index in [4.69, 9.17) is 4.74 Å². The number of hydrogen-bond donors (Lipinski definition) is 2. The molecule has 0 aliphatic carbocycles. The number of nitrogens with one attached hydrogen (secondary N) is 1. The fraction of sp³-hybridized carbons (Fsp3) is 0.273. The summed E-state index contributed by atoms with van der Waals surface area (Å²) in [7, 11) is 1.68. The fourth-order valence-corrected chi connectivity index (χ4v) is 3.25. The first kappa shape index (κ1) is 20.4. The van der Waals surface area contributed by atoms with Crippen molar-refractivity contribution >= 4 is 11.8 Å². The van der Waals surface area contributed by atoms with E-state index in [1.165, 1.54) is 4.68 Å². The van der Waals surface area contributed by atoms with Gasteiger partial charge in [0.2, 0.25) is 0 Å². The second kappa shape index (κ2) is 9.25. The van der Waals surface area contributed by atoms with Crippen LogP contribution in [0.15, 0.2) is 65.5 Å². The van der Waals surface area contributed by atoms with Gasteiger partial charge in [-0.1, -0.05) is 61.9 Å². The number of carbonyl (C=O) groups excluding carboxylic acids is 1. The molecule has 0 saturated carbocycles. The van der Waals surface area contributed by atoms with Gasteiger partial charge in [0, 0.05) is 7.05 Å². The molecule has 0 saturated heterocycles. The molecule has 2 N–H and O–H groups in total. The molecule has 0 aliphatic rings. The van der Waals surface area contributed by atoms with Crippen molar-refractivity contribution in [3.63, 3.8) is 0 Å². The van der Waals surface area contributed by atoms with Crippen molar-refractivity contribution in [3.8, 4) is 5.69 Å². The third-order valence-electron chi connectivity index (χ3n) is 4.63. The Bertz CT molecular complexity index is 1010. The van der Waals surface area contributed by atoms with Gasteiger partial charge in [0.1, 0.15) is 12.3 Å². The van der Waals surface area contributed by atoms with Crippen molar-refractivity contribution < 1.29 is 14.6 Å². The van der Waals surface area contributed by atoms with Crippen LogP contribution in [0.25, 0.3) is 5.69 Å². The number of para-hydroxylation sites is 1. The van der Waals surface area contributed by atoms with Crippen LogP contribution in [0.4, 0.5) is 10.5 Å². The highest BCUT2D eigenvalue weighted by atomic mass is 16.5. The van der Waals surface area contributed by atoms with Crippen LogP contribution in [0.5, 0.6) is 0 Å². The molecule has 1 amide bonds. The smallest absolute Gasteiger partial charge is 0.412 e. The quantitative estimate of drug-likeness (QED) is 0.638. The molecule has 1 atom stereocenters. The Labute approximate surface area is 169 Å². The number of anilines is 1. The van der Waals surface area contributed by atoms with E-state index >= 15 is 0 Å². The number of carbonyl (C=O) groups is 1. The van der Waals surface area contributed by atoms with Gasteiger partial charge in [0.25, 0.3) is 5.56 Å². The maximum atomic E-state index is 13.1. The van der Waals surface area contributed by atoms with Gasteiger partial charge in [-0.15, -0.1) is 0 Å². The van der Waals surface area contributed by atoms with Crippen LogP contribution in [-0.4, -0.2) is 20.6 Å². The van der Waals surface area contributed by atoms with Gasteiger partial charge in [-0.25, -0.2) is 9.48 Å². The minimum Gasteiger partial charge on any atom is -0.444 e. The number of amides is 1. The van der Waals surface area contributed by atoms with E-state index in [0.717, 1.165) is 12.0 Å². The average molecular weight is 395 g/mol. The monoisotopic (exact) mass is 395 g/mol. The third kappa shape index (κ3) is 4.57. The minimum atomic E-state index is -0.896. The van der Waals surface area contributed by atoms with E-state index in [1.807, 2.05) is 55.5 Å². The number of aromatic nitrogens is 2. The van der Waals surface area contributed by atoms with E-state index in [1.54, 1.807) is 23.9 Å². The molecule has 0 fully saturated rings. The van der Waals surface area contributed by atoms with Gasteiger partial charge in [-0.2, -0.15) is 0 Å². The Morgan fingerprint density at radius 1 is 1.10 bits per heavy atom. The van der Waals surface area contributed by atoms with Crippen LogP contribution in [0, 0.1) is 0 Å². The van der Waals surface area contributed by atoms with Crippen molar-refractivity contribution in [1.29, 1.82) is 0 Å². The fourth-order valence-electron chi connectivity index (χ4n) is 3.25. The van der Waals surface area contributed by atoms with Crippen molar-refractivity contribution in [1.82, 2.24) is 9.36 Å². The predicted octanol–water partition coefficient (Wildman–Crippen LogP) is 3.76. The van der Waals surface area contributed by atoms with Crippen LogP contribution < -0.4 is 10.9 Å². The Hall–Kier alpha value is -3.32. The van der Waals surface area contributed by atoms with Crippen molar-refractivity contribution in [2.24, 2.45) is 7.05 Å². The average Bonchev–Trinajstić information content (AvgIpc) is 2.97. The lowest BCUT2D eigenvalue weighted by Gasteiger charge is -2.15. The summed E-state index contributed by atoms with van der Waals surface area (Å²) in [6.45, 7) is 2.02. The molecule has 0 radical (unpaired) electrons. The highest BCUT2D eigenvalue weighted by molar-refractivity contribution is 5.85. The number of nitrogens with zero attached hydrogens (tertiary/aromatic N) is 2. The summed E-state index contributed by atoms with van der Waals surface area (Å²) in [5.74, 6) is 0. The molecule has 3 aromatic rings. The number of benzene rings is 2. The van der Waals surface area contributed by atoms with Gasteiger partial charge in [0.15, 0.2) is 0 Å². The molecule has 7 heteroatoms.